The molecular weight excluding hydrogens is 214 g/mol. The van der Waals surface area contributed by atoms with Crippen molar-refractivity contribution >= 4 is 5.91 Å². The van der Waals surface area contributed by atoms with Crippen molar-refractivity contribution in [2.45, 2.75) is 57.1 Å². The van der Waals surface area contributed by atoms with Crippen LogP contribution in [-0.2, 0) is 4.79 Å². The molecule has 17 heavy (non-hydrogen) atoms. The van der Waals surface area contributed by atoms with Gasteiger partial charge in [-0.1, -0.05) is 25.0 Å². The first-order valence-corrected chi connectivity index (χ1v) is 6.80. The number of aliphatic hydroxyl groups excluding tert-OH is 1. The predicted octanol–water partition coefficient (Wildman–Crippen LogP) is 2.10. The summed E-state index contributed by atoms with van der Waals surface area (Å²) in [6, 6.07) is 0.0437. The minimum Gasteiger partial charge on any atom is -0.391 e. The molecule has 3 unspecified atom stereocenters. The molecular formula is C14H23NO2. The van der Waals surface area contributed by atoms with Gasteiger partial charge in [-0.25, -0.2) is 0 Å². The molecule has 0 aromatic heterocycles. The van der Waals surface area contributed by atoms with Crippen molar-refractivity contribution in [3.63, 3.8) is 0 Å². The number of hydrogen-bond donors (Lipinski definition) is 1. The minimum absolute atomic E-state index is 0.0437. The van der Waals surface area contributed by atoms with E-state index in [0.717, 1.165) is 44.9 Å². The van der Waals surface area contributed by atoms with Gasteiger partial charge in [-0.2, -0.15) is 0 Å². The normalized spacial score (nSPS) is 33.4. The molecule has 2 rings (SSSR count). The van der Waals surface area contributed by atoms with Crippen LogP contribution in [0.3, 0.4) is 0 Å². The van der Waals surface area contributed by atoms with Gasteiger partial charge in [-0.3, -0.25) is 4.79 Å². The highest BCUT2D eigenvalue weighted by Crippen LogP contribution is 2.26. The second kappa shape index (κ2) is 5.67. The molecule has 2 aliphatic rings. The molecule has 2 aliphatic carbocycles. The fraction of sp³-hybridized carbons (Fsp3) is 0.786. The van der Waals surface area contributed by atoms with Crippen LogP contribution in [0.15, 0.2) is 12.2 Å². The second-order valence-corrected chi connectivity index (χ2v) is 5.35. The SMILES string of the molecule is CN(C(=O)C1CC=CCC1)C1CCCCC1O. The van der Waals surface area contributed by atoms with E-state index in [0.29, 0.717) is 0 Å². The largest absolute Gasteiger partial charge is 0.391 e. The Balaban J connectivity index is 1.95. The van der Waals surface area contributed by atoms with Gasteiger partial charge in [0.15, 0.2) is 0 Å². The van der Waals surface area contributed by atoms with E-state index in [1.54, 1.807) is 0 Å². The zero-order valence-electron chi connectivity index (χ0n) is 10.6. The van der Waals surface area contributed by atoms with Crippen molar-refractivity contribution in [3.05, 3.63) is 12.2 Å². The number of carbonyl (C=O) groups is 1. The maximum atomic E-state index is 12.3. The van der Waals surface area contributed by atoms with Crippen LogP contribution in [0.5, 0.6) is 0 Å². The third-order valence-electron chi connectivity index (χ3n) is 4.16. The second-order valence-electron chi connectivity index (χ2n) is 5.35. The Kier molecular flexibility index (Phi) is 4.21. The Bertz CT molecular complexity index is 301. The number of hydrogen-bond acceptors (Lipinski definition) is 2. The third kappa shape index (κ3) is 2.89. The van der Waals surface area contributed by atoms with Crippen molar-refractivity contribution < 1.29 is 9.90 Å². The van der Waals surface area contributed by atoms with Crippen LogP contribution in [0.25, 0.3) is 0 Å². The van der Waals surface area contributed by atoms with Gasteiger partial charge < -0.3 is 10.0 Å². The van der Waals surface area contributed by atoms with Gasteiger partial charge in [-0.15, -0.1) is 0 Å². The predicted molar refractivity (Wildman–Crippen MR) is 67.5 cm³/mol. The van der Waals surface area contributed by atoms with E-state index in [1.165, 1.54) is 0 Å². The van der Waals surface area contributed by atoms with Crippen LogP contribution in [-0.4, -0.2) is 35.1 Å². The van der Waals surface area contributed by atoms with Crippen molar-refractivity contribution in [2.24, 2.45) is 5.92 Å². The number of rotatable bonds is 2. The summed E-state index contributed by atoms with van der Waals surface area (Å²) in [5.41, 5.74) is 0. The van der Waals surface area contributed by atoms with Gasteiger partial charge in [0.2, 0.25) is 5.91 Å². The number of amides is 1. The van der Waals surface area contributed by atoms with Crippen molar-refractivity contribution in [2.75, 3.05) is 7.05 Å². The number of allylic oxidation sites excluding steroid dienone is 2. The van der Waals surface area contributed by atoms with Gasteiger partial charge in [0, 0.05) is 13.0 Å². The van der Waals surface area contributed by atoms with Crippen LogP contribution < -0.4 is 0 Å². The molecule has 1 N–H and O–H groups in total. The van der Waals surface area contributed by atoms with E-state index in [4.69, 9.17) is 0 Å². The lowest BCUT2D eigenvalue weighted by atomic mass is 9.88. The zero-order valence-corrected chi connectivity index (χ0v) is 10.6. The quantitative estimate of drug-likeness (QED) is 0.747. The fourth-order valence-corrected chi connectivity index (χ4v) is 3.01. The van der Waals surface area contributed by atoms with Crippen LogP contribution >= 0.6 is 0 Å². The standard InChI is InChI=1S/C14H23NO2/c1-15(12-9-5-6-10-13(12)16)14(17)11-7-3-2-4-8-11/h2-3,11-13,16H,4-10H2,1H3. The van der Waals surface area contributed by atoms with Crippen LogP contribution in [0, 0.1) is 5.92 Å². The Labute approximate surface area is 103 Å². The van der Waals surface area contributed by atoms with Gasteiger partial charge >= 0.3 is 0 Å². The summed E-state index contributed by atoms with van der Waals surface area (Å²) in [7, 11) is 1.86. The molecule has 0 aromatic rings. The van der Waals surface area contributed by atoms with E-state index >= 15 is 0 Å². The maximum Gasteiger partial charge on any atom is 0.226 e. The molecule has 3 heteroatoms. The first kappa shape index (κ1) is 12.6. The van der Waals surface area contributed by atoms with Gasteiger partial charge in [0.25, 0.3) is 0 Å². The van der Waals surface area contributed by atoms with E-state index in [9.17, 15) is 9.90 Å². The maximum absolute atomic E-state index is 12.3. The zero-order chi connectivity index (χ0) is 12.3. The molecule has 0 aromatic carbocycles. The molecule has 0 heterocycles. The van der Waals surface area contributed by atoms with E-state index < -0.39 is 0 Å². The first-order chi connectivity index (χ1) is 8.20. The van der Waals surface area contributed by atoms with Gasteiger partial charge in [0.05, 0.1) is 12.1 Å². The number of aliphatic hydroxyl groups is 1. The summed E-state index contributed by atoms with van der Waals surface area (Å²) in [5.74, 6) is 0.361. The summed E-state index contributed by atoms with van der Waals surface area (Å²) in [6.07, 6.45) is 10.8. The Hall–Kier alpha value is -0.830. The summed E-state index contributed by atoms with van der Waals surface area (Å²) in [5, 5.41) is 9.98. The molecule has 1 fully saturated rings. The minimum atomic E-state index is -0.322. The molecule has 3 nitrogen and oxygen atoms in total. The Morgan fingerprint density at radius 3 is 2.65 bits per heavy atom. The number of nitrogens with zero attached hydrogens (tertiary/aromatic N) is 1. The average molecular weight is 237 g/mol. The molecule has 0 spiro atoms. The van der Waals surface area contributed by atoms with E-state index in [1.807, 2.05) is 11.9 Å². The highest BCUT2D eigenvalue weighted by atomic mass is 16.3. The molecule has 0 saturated heterocycles. The fourth-order valence-electron chi connectivity index (χ4n) is 3.01. The van der Waals surface area contributed by atoms with Crippen LogP contribution in [0.1, 0.15) is 44.9 Å². The first-order valence-electron chi connectivity index (χ1n) is 6.80. The number of likely N-dealkylation sites (N-methyl/N-ethyl adjacent to an activating group) is 1. The average Bonchev–Trinajstić information content (AvgIpc) is 2.39. The monoisotopic (exact) mass is 237 g/mol. The molecule has 1 saturated carbocycles. The molecule has 0 bridgehead atoms. The Morgan fingerprint density at radius 1 is 1.24 bits per heavy atom. The summed E-state index contributed by atoms with van der Waals surface area (Å²) in [6.45, 7) is 0. The lowest BCUT2D eigenvalue weighted by molar-refractivity contribution is -0.140. The lowest BCUT2D eigenvalue weighted by Crippen LogP contribution is -2.48. The lowest BCUT2D eigenvalue weighted by Gasteiger charge is -2.37. The van der Waals surface area contributed by atoms with Crippen molar-refractivity contribution in [1.29, 1.82) is 0 Å². The van der Waals surface area contributed by atoms with Crippen LogP contribution in [0.4, 0.5) is 0 Å². The molecule has 3 atom stereocenters. The highest BCUT2D eigenvalue weighted by molar-refractivity contribution is 5.79. The molecule has 96 valence electrons. The summed E-state index contributed by atoms with van der Waals surface area (Å²) in [4.78, 5) is 14.1. The van der Waals surface area contributed by atoms with E-state index in [2.05, 4.69) is 12.2 Å². The molecule has 0 radical (unpaired) electrons. The molecule has 0 aliphatic heterocycles. The van der Waals surface area contributed by atoms with Crippen molar-refractivity contribution in [3.8, 4) is 0 Å². The molecule has 1 amide bonds. The van der Waals surface area contributed by atoms with E-state index in [-0.39, 0.29) is 24.0 Å². The van der Waals surface area contributed by atoms with Crippen LogP contribution in [0.2, 0.25) is 0 Å². The third-order valence-corrected chi connectivity index (χ3v) is 4.16. The summed E-state index contributed by atoms with van der Waals surface area (Å²) < 4.78 is 0. The van der Waals surface area contributed by atoms with Gasteiger partial charge in [0.1, 0.15) is 0 Å². The topological polar surface area (TPSA) is 40.5 Å². The smallest absolute Gasteiger partial charge is 0.226 e. The highest BCUT2D eigenvalue weighted by Gasteiger charge is 2.32. The van der Waals surface area contributed by atoms with Crippen molar-refractivity contribution in [1.82, 2.24) is 4.90 Å². The van der Waals surface area contributed by atoms with Gasteiger partial charge in [-0.05, 0) is 32.1 Å². The number of carbonyl (C=O) groups excluding carboxylic acids is 1. The summed E-state index contributed by atoms with van der Waals surface area (Å²) >= 11 is 0. The Morgan fingerprint density at radius 2 is 2.00 bits per heavy atom.